The largest absolute Gasteiger partial charge is 0.474 e. The number of carbonyl (C=O) groups excluding carboxylic acids is 1. The Bertz CT molecular complexity index is 1170. The molecule has 0 saturated carbocycles. The summed E-state index contributed by atoms with van der Waals surface area (Å²) in [7, 11) is 1.57. The molecule has 2 aromatic carbocycles. The molecule has 8 nitrogen and oxygen atoms in total. The maximum absolute atomic E-state index is 13.2. The van der Waals surface area contributed by atoms with E-state index in [-0.39, 0.29) is 25.6 Å². The number of para-hydroxylation sites is 1. The van der Waals surface area contributed by atoms with E-state index in [2.05, 4.69) is 15.7 Å². The van der Waals surface area contributed by atoms with Crippen LogP contribution >= 0.6 is 0 Å². The van der Waals surface area contributed by atoms with Gasteiger partial charge in [-0.15, -0.1) is 5.10 Å². The Morgan fingerprint density at radius 1 is 1.05 bits per heavy atom. The zero-order valence-electron chi connectivity index (χ0n) is 20.7. The highest BCUT2D eigenvalue weighted by Gasteiger charge is 2.40. The number of ether oxygens (including phenoxy) is 2. The van der Waals surface area contributed by atoms with Crippen molar-refractivity contribution in [1.82, 2.24) is 20.0 Å². The smallest absolute Gasteiger partial charge is 0.401 e. The number of likely N-dealkylation sites (tertiary alicyclic amines) is 1. The van der Waals surface area contributed by atoms with Crippen molar-refractivity contribution < 1.29 is 27.4 Å². The number of alkyl halides is 3. The predicted octanol–water partition coefficient (Wildman–Crippen LogP) is 4.36. The van der Waals surface area contributed by atoms with Crippen LogP contribution in [0.3, 0.4) is 0 Å². The summed E-state index contributed by atoms with van der Waals surface area (Å²) >= 11 is 0. The summed E-state index contributed by atoms with van der Waals surface area (Å²) in [5, 5.41) is 10.3. The maximum Gasteiger partial charge on any atom is 0.401 e. The van der Waals surface area contributed by atoms with E-state index in [4.69, 9.17) is 9.47 Å². The fourth-order valence-electron chi connectivity index (χ4n) is 4.50. The van der Waals surface area contributed by atoms with Crippen LogP contribution < -0.4 is 15.4 Å². The summed E-state index contributed by atoms with van der Waals surface area (Å²) in [6.45, 7) is 1.67. The first-order chi connectivity index (χ1) is 17.7. The van der Waals surface area contributed by atoms with E-state index in [1.165, 1.54) is 4.90 Å². The van der Waals surface area contributed by atoms with E-state index in [1.54, 1.807) is 18.7 Å². The first kappa shape index (κ1) is 26.5. The average Bonchev–Trinajstić information content (AvgIpc) is 3.39. The van der Waals surface area contributed by atoms with Gasteiger partial charge in [-0.05, 0) is 24.6 Å². The van der Waals surface area contributed by atoms with Gasteiger partial charge in [0.1, 0.15) is 12.4 Å². The molecule has 2 heterocycles. The molecule has 0 aliphatic carbocycles. The monoisotopic (exact) mass is 517 g/mol. The van der Waals surface area contributed by atoms with Crippen LogP contribution in [-0.4, -0.2) is 72.9 Å². The molecular formula is C26H30F3N5O3. The molecule has 198 valence electrons. The zero-order chi connectivity index (χ0) is 26.4. The lowest BCUT2D eigenvalue weighted by molar-refractivity contribution is -0.143. The lowest BCUT2D eigenvalue weighted by Crippen LogP contribution is -2.43. The van der Waals surface area contributed by atoms with Gasteiger partial charge in [-0.3, -0.25) is 10.2 Å². The van der Waals surface area contributed by atoms with Gasteiger partial charge in [0.2, 0.25) is 5.88 Å². The number of nitrogens with zero attached hydrogens (tertiary/aromatic N) is 3. The molecule has 1 aromatic heterocycles. The Morgan fingerprint density at radius 3 is 2.38 bits per heavy atom. The fourth-order valence-corrected chi connectivity index (χ4v) is 4.50. The van der Waals surface area contributed by atoms with E-state index in [1.807, 2.05) is 60.7 Å². The Labute approximate surface area is 213 Å². The number of hydrogen-bond donors (Lipinski definition) is 2. The second kappa shape index (κ2) is 11.7. The number of anilines is 1. The van der Waals surface area contributed by atoms with Gasteiger partial charge in [-0.2, -0.15) is 13.2 Å². The van der Waals surface area contributed by atoms with Crippen molar-refractivity contribution in [2.75, 3.05) is 45.3 Å². The first-order valence-electron chi connectivity index (χ1n) is 11.9. The number of carbonyl (C=O) groups is 1. The summed E-state index contributed by atoms with van der Waals surface area (Å²) in [5.74, 6) is 0.454. The summed E-state index contributed by atoms with van der Waals surface area (Å²) in [4.78, 5) is 14.5. The average molecular weight is 518 g/mol. The number of nitrogens with one attached hydrogen (secondary N) is 2. The van der Waals surface area contributed by atoms with Gasteiger partial charge >= 0.3 is 12.2 Å². The Morgan fingerprint density at radius 2 is 1.73 bits per heavy atom. The molecule has 2 amide bonds. The van der Waals surface area contributed by atoms with Crippen molar-refractivity contribution in [1.29, 1.82) is 0 Å². The van der Waals surface area contributed by atoms with Crippen molar-refractivity contribution in [2.24, 2.45) is 0 Å². The van der Waals surface area contributed by atoms with Crippen LogP contribution in [0, 0.1) is 6.92 Å². The van der Waals surface area contributed by atoms with Crippen molar-refractivity contribution >= 4 is 11.8 Å². The molecule has 0 radical (unpaired) electrons. The van der Waals surface area contributed by atoms with Gasteiger partial charge in [0.25, 0.3) is 0 Å². The van der Waals surface area contributed by atoms with Crippen molar-refractivity contribution in [2.45, 2.75) is 25.1 Å². The minimum Gasteiger partial charge on any atom is -0.474 e. The normalized spacial score (nSPS) is 18.1. The summed E-state index contributed by atoms with van der Waals surface area (Å²) in [6.07, 6.45) is -4.32. The standard InChI is InChI=1S/C26H30F3N5O3/c1-18-23(34(20-11-7-4-8-12-20)32-24(18)37-14-13-36-2)31-25(35)30-22-16-33(17-26(27,28)29)15-21(22)19-9-5-3-6-10-19/h3-12,21-22H,13-17H2,1-2H3,(H2,30,31,35)/t21-,22?/m0/s1. The third-order valence-electron chi connectivity index (χ3n) is 6.18. The second-order valence-electron chi connectivity index (χ2n) is 8.90. The van der Waals surface area contributed by atoms with Crippen molar-refractivity contribution in [3.8, 4) is 11.6 Å². The highest BCUT2D eigenvalue weighted by atomic mass is 19.4. The first-order valence-corrected chi connectivity index (χ1v) is 11.9. The van der Waals surface area contributed by atoms with E-state index < -0.39 is 24.8 Å². The fraction of sp³-hybridized carbons (Fsp3) is 0.385. The molecule has 2 N–H and O–H groups in total. The second-order valence-corrected chi connectivity index (χ2v) is 8.90. The van der Waals surface area contributed by atoms with Gasteiger partial charge in [0.15, 0.2) is 0 Å². The Kier molecular flexibility index (Phi) is 8.34. The molecule has 0 spiro atoms. The van der Waals surface area contributed by atoms with Crippen LogP contribution in [0.25, 0.3) is 5.69 Å². The highest BCUT2D eigenvalue weighted by molar-refractivity contribution is 5.90. The van der Waals surface area contributed by atoms with Crippen LogP contribution in [0.4, 0.5) is 23.8 Å². The van der Waals surface area contributed by atoms with Crippen LogP contribution in [0.5, 0.6) is 5.88 Å². The molecule has 2 atom stereocenters. The minimum absolute atomic E-state index is 0.0782. The Hall–Kier alpha value is -3.57. The Balaban J connectivity index is 1.55. The van der Waals surface area contributed by atoms with E-state index in [0.29, 0.717) is 29.6 Å². The molecular weight excluding hydrogens is 487 g/mol. The molecule has 37 heavy (non-hydrogen) atoms. The number of benzene rings is 2. The highest BCUT2D eigenvalue weighted by Crippen LogP contribution is 2.31. The van der Waals surface area contributed by atoms with E-state index >= 15 is 0 Å². The SMILES string of the molecule is COCCOc1nn(-c2ccccc2)c(NC(=O)NC2CN(CC(F)(F)F)C[C@H]2c2ccccc2)c1C. The number of urea groups is 1. The third kappa shape index (κ3) is 6.80. The maximum atomic E-state index is 13.2. The van der Waals surface area contributed by atoms with Crippen LogP contribution in [0.15, 0.2) is 60.7 Å². The zero-order valence-corrected chi connectivity index (χ0v) is 20.7. The predicted molar refractivity (Wildman–Crippen MR) is 133 cm³/mol. The molecule has 11 heteroatoms. The van der Waals surface area contributed by atoms with Crippen LogP contribution in [0.2, 0.25) is 0 Å². The number of aromatic nitrogens is 2. The molecule has 1 aliphatic heterocycles. The molecule has 1 saturated heterocycles. The lowest BCUT2D eigenvalue weighted by Gasteiger charge is -2.21. The lowest BCUT2D eigenvalue weighted by atomic mass is 9.94. The van der Waals surface area contributed by atoms with Crippen LogP contribution in [-0.2, 0) is 4.74 Å². The van der Waals surface area contributed by atoms with Gasteiger partial charge in [-0.25, -0.2) is 9.48 Å². The molecule has 1 aliphatic rings. The number of methoxy groups -OCH3 is 1. The van der Waals surface area contributed by atoms with Crippen molar-refractivity contribution in [3.63, 3.8) is 0 Å². The molecule has 3 aromatic rings. The number of hydrogen-bond acceptors (Lipinski definition) is 5. The summed E-state index contributed by atoms with van der Waals surface area (Å²) in [5.41, 5.74) is 2.19. The third-order valence-corrected chi connectivity index (χ3v) is 6.18. The molecule has 1 unspecified atom stereocenters. The van der Waals surface area contributed by atoms with Crippen LogP contribution in [0.1, 0.15) is 17.0 Å². The molecule has 4 rings (SSSR count). The minimum atomic E-state index is -4.32. The van der Waals surface area contributed by atoms with Crippen molar-refractivity contribution in [3.05, 3.63) is 71.8 Å². The van der Waals surface area contributed by atoms with Gasteiger partial charge in [0, 0.05) is 26.1 Å². The van der Waals surface area contributed by atoms with E-state index in [0.717, 1.165) is 5.56 Å². The molecule has 1 fully saturated rings. The quantitative estimate of drug-likeness (QED) is 0.413. The number of amides is 2. The summed E-state index contributed by atoms with van der Waals surface area (Å²) in [6, 6.07) is 17.4. The molecule has 0 bridgehead atoms. The number of rotatable bonds is 9. The van der Waals surface area contributed by atoms with Gasteiger partial charge in [0.05, 0.1) is 30.4 Å². The summed E-state index contributed by atoms with van der Waals surface area (Å²) < 4.78 is 51.7. The van der Waals surface area contributed by atoms with Gasteiger partial charge in [-0.1, -0.05) is 48.5 Å². The van der Waals surface area contributed by atoms with E-state index in [9.17, 15) is 18.0 Å². The van der Waals surface area contributed by atoms with Gasteiger partial charge < -0.3 is 14.8 Å². The topological polar surface area (TPSA) is 80.6 Å². The number of halogens is 3.